The minimum absolute atomic E-state index is 0.0271. The van der Waals surface area contributed by atoms with Crippen LogP contribution in [0.15, 0.2) is 48.5 Å². The molecule has 2 aromatic carbocycles. The number of hydrogen-bond acceptors (Lipinski definition) is 5. The lowest BCUT2D eigenvalue weighted by atomic mass is 10.1. The average molecular weight is 460 g/mol. The van der Waals surface area contributed by atoms with Crippen molar-refractivity contribution in [1.82, 2.24) is 14.7 Å². The van der Waals surface area contributed by atoms with E-state index in [2.05, 4.69) is 9.80 Å². The van der Waals surface area contributed by atoms with E-state index < -0.39 is 11.6 Å². The van der Waals surface area contributed by atoms with Crippen molar-refractivity contribution in [3.05, 3.63) is 71.3 Å². The third-order valence-corrected chi connectivity index (χ3v) is 6.17. The van der Waals surface area contributed by atoms with Crippen LogP contribution in [0.3, 0.4) is 0 Å². The number of carbonyl (C=O) groups excluding carboxylic acids is 1. The summed E-state index contributed by atoms with van der Waals surface area (Å²) in [6.45, 7) is 6.93. The summed E-state index contributed by atoms with van der Waals surface area (Å²) in [6, 6.07) is 13.5. The van der Waals surface area contributed by atoms with Gasteiger partial charge in [0.25, 0.3) is 5.91 Å². The van der Waals surface area contributed by atoms with Crippen LogP contribution in [0.1, 0.15) is 15.9 Å². The first-order valence-corrected chi connectivity index (χ1v) is 11.5. The molecule has 2 heterocycles. The molecule has 0 N–H and O–H groups in total. The van der Waals surface area contributed by atoms with Gasteiger partial charge in [0.1, 0.15) is 0 Å². The first-order valence-electron chi connectivity index (χ1n) is 11.5. The largest absolute Gasteiger partial charge is 0.379 e. The van der Waals surface area contributed by atoms with Gasteiger partial charge in [-0.25, -0.2) is 8.78 Å². The quantitative estimate of drug-likeness (QED) is 0.608. The van der Waals surface area contributed by atoms with Crippen molar-refractivity contribution in [2.75, 3.05) is 65.6 Å². The second kappa shape index (κ2) is 11.7. The number of rotatable bonds is 8. The minimum Gasteiger partial charge on any atom is -0.379 e. The minimum atomic E-state index is -0.833. The molecule has 0 saturated carbocycles. The molecule has 8 heteroatoms. The van der Waals surface area contributed by atoms with Gasteiger partial charge in [-0.2, -0.15) is 0 Å². The third-order valence-electron chi connectivity index (χ3n) is 6.17. The van der Waals surface area contributed by atoms with Crippen LogP contribution in [0.2, 0.25) is 0 Å². The smallest absolute Gasteiger partial charge is 0.253 e. The van der Waals surface area contributed by atoms with Crippen molar-refractivity contribution >= 4 is 5.91 Å². The van der Waals surface area contributed by atoms with Crippen LogP contribution in [0.4, 0.5) is 8.78 Å². The fourth-order valence-corrected chi connectivity index (χ4v) is 4.32. The molecule has 1 unspecified atom stereocenters. The number of halogens is 2. The fraction of sp³-hybridized carbons (Fsp3) is 0.480. The Morgan fingerprint density at radius 1 is 0.970 bits per heavy atom. The highest BCUT2D eigenvalue weighted by molar-refractivity contribution is 5.94. The molecule has 1 amide bonds. The maximum Gasteiger partial charge on any atom is 0.253 e. The predicted molar refractivity (Wildman–Crippen MR) is 121 cm³/mol. The number of morpholine rings is 2. The Morgan fingerprint density at radius 2 is 1.73 bits per heavy atom. The Hall–Kier alpha value is -2.39. The number of carbonyl (C=O) groups is 1. The zero-order chi connectivity index (χ0) is 23.0. The van der Waals surface area contributed by atoms with Crippen molar-refractivity contribution in [3.8, 4) is 0 Å². The van der Waals surface area contributed by atoms with E-state index in [1.165, 1.54) is 6.07 Å². The lowest BCUT2D eigenvalue weighted by Crippen LogP contribution is -2.50. The molecular formula is C25H31F2N3O3. The predicted octanol–water partition coefficient (Wildman–Crippen LogP) is 2.64. The van der Waals surface area contributed by atoms with Gasteiger partial charge in [0.15, 0.2) is 11.6 Å². The molecule has 0 bridgehead atoms. The van der Waals surface area contributed by atoms with E-state index >= 15 is 0 Å². The average Bonchev–Trinajstić information content (AvgIpc) is 2.85. The molecular weight excluding hydrogens is 428 g/mol. The van der Waals surface area contributed by atoms with Gasteiger partial charge in [0, 0.05) is 63.5 Å². The maximum absolute atomic E-state index is 14.1. The number of ether oxygens (including phenoxy) is 2. The van der Waals surface area contributed by atoms with Crippen molar-refractivity contribution < 1.29 is 23.0 Å². The Balaban J connectivity index is 1.40. The lowest BCUT2D eigenvalue weighted by molar-refractivity contribution is -0.0445. The molecule has 0 spiro atoms. The van der Waals surface area contributed by atoms with E-state index in [0.717, 1.165) is 25.7 Å². The zero-order valence-corrected chi connectivity index (χ0v) is 18.8. The van der Waals surface area contributed by atoms with Gasteiger partial charge in [0.05, 0.1) is 25.9 Å². The monoisotopic (exact) mass is 459 g/mol. The number of hydrogen-bond donors (Lipinski definition) is 0. The molecule has 2 aliphatic rings. The summed E-state index contributed by atoms with van der Waals surface area (Å²) < 4.78 is 39.1. The van der Waals surface area contributed by atoms with Crippen molar-refractivity contribution in [3.63, 3.8) is 0 Å². The Bertz CT molecular complexity index is 909. The number of amides is 1. The molecule has 178 valence electrons. The Morgan fingerprint density at radius 3 is 2.52 bits per heavy atom. The summed E-state index contributed by atoms with van der Waals surface area (Å²) in [5, 5.41) is 0. The number of benzene rings is 2. The van der Waals surface area contributed by atoms with Gasteiger partial charge in [0.2, 0.25) is 0 Å². The van der Waals surface area contributed by atoms with Crippen molar-refractivity contribution in [2.24, 2.45) is 0 Å². The molecule has 0 aromatic heterocycles. The summed E-state index contributed by atoms with van der Waals surface area (Å²) in [5.74, 6) is -1.66. The second-order valence-corrected chi connectivity index (χ2v) is 8.51. The standard InChI is InChI=1S/C25H31F2N3O3/c26-23-8-4-7-21(24(23)27)17-29-13-16-33-22(18-29)19-30(10-9-28-11-14-32-15-12-28)25(31)20-5-2-1-3-6-20/h1-8,22H,9-19H2. The highest BCUT2D eigenvalue weighted by Gasteiger charge is 2.27. The van der Waals surface area contributed by atoms with E-state index in [-0.39, 0.29) is 12.0 Å². The van der Waals surface area contributed by atoms with Gasteiger partial charge >= 0.3 is 0 Å². The third kappa shape index (κ3) is 6.57. The SMILES string of the molecule is O=C(c1ccccc1)N(CCN1CCOCC1)CC1CN(Cc2cccc(F)c2F)CCO1. The van der Waals surface area contributed by atoms with Crippen LogP contribution in [-0.2, 0) is 16.0 Å². The molecule has 2 fully saturated rings. The molecule has 2 saturated heterocycles. The van der Waals surface area contributed by atoms with Crippen LogP contribution in [-0.4, -0.2) is 92.3 Å². The van der Waals surface area contributed by atoms with E-state index in [1.807, 2.05) is 35.2 Å². The van der Waals surface area contributed by atoms with E-state index in [1.54, 1.807) is 6.07 Å². The van der Waals surface area contributed by atoms with Crippen molar-refractivity contribution in [1.29, 1.82) is 0 Å². The highest BCUT2D eigenvalue weighted by atomic mass is 19.2. The van der Waals surface area contributed by atoms with Crippen LogP contribution in [0, 0.1) is 11.6 Å². The van der Waals surface area contributed by atoms with Gasteiger partial charge in [-0.3, -0.25) is 14.6 Å². The van der Waals surface area contributed by atoms with E-state index in [0.29, 0.717) is 63.7 Å². The summed E-state index contributed by atoms with van der Waals surface area (Å²) in [7, 11) is 0. The molecule has 6 nitrogen and oxygen atoms in total. The van der Waals surface area contributed by atoms with Crippen LogP contribution in [0.25, 0.3) is 0 Å². The van der Waals surface area contributed by atoms with Gasteiger partial charge in [-0.15, -0.1) is 0 Å². The highest BCUT2D eigenvalue weighted by Crippen LogP contribution is 2.17. The normalized spacial score (nSPS) is 20.0. The summed E-state index contributed by atoms with van der Waals surface area (Å²) >= 11 is 0. The molecule has 2 aliphatic heterocycles. The lowest BCUT2D eigenvalue weighted by Gasteiger charge is -2.36. The Kier molecular flexibility index (Phi) is 8.39. The Labute approximate surface area is 193 Å². The molecule has 2 aromatic rings. The number of nitrogens with zero attached hydrogens (tertiary/aromatic N) is 3. The molecule has 0 aliphatic carbocycles. The van der Waals surface area contributed by atoms with Crippen LogP contribution < -0.4 is 0 Å². The van der Waals surface area contributed by atoms with Gasteiger partial charge < -0.3 is 14.4 Å². The second-order valence-electron chi connectivity index (χ2n) is 8.51. The van der Waals surface area contributed by atoms with Crippen LogP contribution in [0.5, 0.6) is 0 Å². The molecule has 1 atom stereocenters. The van der Waals surface area contributed by atoms with E-state index in [4.69, 9.17) is 9.47 Å². The summed E-state index contributed by atoms with van der Waals surface area (Å²) in [4.78, 5) is 19.5. The first-order chi connectivity index (χ1) is 16.1. The topological polar surface area (TPSA) is 45.2 Å². The first kappa shape index (κ1) is 23.8. The van der Waals surface area contributed by atoms with Crippen molar-refractivity contribution in [2.45, 2.75) is 12.6 Å². The van der Waals surface area contributed by atoms with Gasteiger partial charge in [-0.1, -0.05) is 30.3 Å². The molecule has 4 rings (SSSR count). The van der Waals surface area contributed by atoms with Gasteiger partial charge in [-0.05, 0) is 18.2 Å². The summed E-state index contributed by atoms with van der Waals surface area (Å²) in [5.41, 5.74) is 0.981. The maximum atomic E-state index is 14.1. The summed E-state index contributed by atoms with van der Waals surface area (Å²) in [6.07, 6.45) is -0.201. The van der Waals surface area contributed by atoms with Crippen LogP contribution >= 0.6 is 0 Å². The molecule has 33 heavy (non-hydrogen) atoms. The fourth-order valence-electron chi connectivity index (χ4n) is 4.32. The zero-order valence-electron chi connectivity index (χ0n) is 18.8. The molecule has 0 radical (unpaired) electrons. The van der Waals surface area contributed by atoms with E-state index in [9.17, 15) is 13.6 Å².